The molecular formula is C18H24ClNO6. The van der Waals surface area contributed by atoms with Crippen LogP contribution in [0.25, 0.3) is 0 Å². The first-order valence-electron chi connectivity index (χ1n) is 8.29. The number of benzene rings is 1. The lowest BCUT2D eigenvalue weighted by atomic mass is 10.1. The zero-order valence-corrected chi connectivity index (χ0v) is 15.7. The first-order valence-corrected chi connectivity index (χ1v) is 8.83. The molecule has 0 aliphatic heterocycles. The Balaban J connectivity index is 2.37. The molecule has 0 aliphatic rings. The van der Waals surface area contributed by atoms with Crippen LogP contribution in [0, 0.1) is 5.92 Å². The first-order chi connectivity index (χ1) is 12.4. The zero-order chi connectivity index (χ0) is 19.4. The molecule has 1 atom stereocenters. The Morgan fingerprint density at radius 2 is 1.77 bits per heavy atom. The van der Waals surface area contributed by atoms with Crippen LogP contribution < -0.4 is 5.32 Å². The van der Waals surface area contributed by atoms with Gasteiger partial charge in [0.05, 0.1) is 6.61 Å². The van der Waals surface area contributed by atoms with Gasteiger partial charge in [-0.2, -0.15) is 0 Å². The second kappa shape index (κ2) is 12.1. The quantitative estimate of drug-likeness (QED) is 0.288. The fourth-order valence-corrected chi connectivity index (χ4v) is 2.12. The summed E-state index contributed by atoms with van der Waals surface area (Å²) >= 11 is 5.27. The molecule has 1 N–H and O–H groups in total. The van der Waals surface area contributed by atoms with Gasteiger partial charge < -0.3 is 19.5 Å². The highest BCUT2D eigenvalue weighted by atomic mass is 35.5. The second-order valence-corrected chi connectivity index (χ2v) is 6.04. The van der Waals surface area contributed by atoms with Crippen LogP contribution >= 0.6 is 11.6 Å². The third-order valence-corrected chi connectivity index (χ3v) is 3.50. The highest BCUT2D eigenvalue weighted by Crippen LogP contribution is 2.07. The van der Waals surface area contributed by atoms with E-state index in [0.29, 0.717) is 6.42 Å². The number of halogens is 1. The van der Waals surface area contributed by atoms with E-state index in [1.54, 1.807) is 13.8 Å². The lowest BCUT2D eigenvalue weighted by molar-refractivity contribution is -0.149. The molecule has 0 radical (unpaired) electrons. The molecule has 0 heterocycles. The van der Waals surface area contributed by atoms with Crippen molar-refractivity contribution in [2.24, 2.45) is 5.92 Å². The van der Waals surface area contributed by atoms with Gasteiger partial charge >= 0.3 is 18.0 Å². The minimum atomic E-state index is -0.840. The smallest absolute Gasteiger partial charge is 0.408 e. The number of hydrogen-bond acceptors (Lipinski definition) is 6. The summed E-state index contributed by atoms with van der Waals surface area (Å²) in [5.41, 5.74) is 0.843. The van der Waals surface area contributed by atoms with Crippen molar-refractivity contribution in [2.75, 3.05) is 12.7 Å². The van der Waals surface area contributed by atoms with Crippen LogP contribution in [0.4, 0.5) is 4.79 Å². The molecule has 0 bridgehead atoms. The second-order valence-electron chi connectivity index (χ2n) is 5.82. The summed E-state index contributed by atoms with van der Waals surface area (Å²) in [6.07, 6.45) is -0.293. The van der Waals surface area contributed by atoms with Crippen molar-refractivity contribution in [3.8, 4) is 0 Å². The molecule has 1 rings (SSSR count). The standard InChI is InChI=1S/C18H24ClNO6/c1-13(2)16(17(22)24-10-6-9-15(21)26-12-19)20-18(23)25-11-14-7-4-3-5-8-14/h3-5,7-8,13,16H,6,9-12H2,1-2H3,(H,20,23)/t16-/m0/s1. The SMILES string of the molecule is CC(C)[C@H](NC(=O)OCc1ccccc1)C(=O)OCCCC(=O)OCCl. The fourth-order valence-electron chi connectivity index (χ4n) is 2.00. The van der Waals surface area contributed by atoms with E-state index in [9.17, 15) is 14.4 Å². The molecule has 1 aromatic carbocycles. The number of nitrogens with one attached hydrogen (secondary N) is 1. The van der Waals surface area contributed by atoms with Gasteiger partial charge in [0.2, 0.25) is 0 Å². The average Bonchev–Trinajstić information content (AvgIpc) is 2.62. The number of amides is 1. The number of carbonyl (C=O) groups is 3. The van der Waals surface area contributed by atoms with Gasteiger partial charge in [0.25, 0.3) is 0 Å². The van der Waals surface area contributed by atoms with Crippen LogP contribution in [0.5, 0.6) is 0 Å². The third kappa shape index (κ3) is 8.71. The molecule has 0 fully saturated rings. The maximum atomic E-state index is 12.1. The van der Waals surface area contributed by atoms with Crippen molar-refractivity contribution in [1.82, 2.24) is 5.32 Å². The van der Waals surface area contributed by atoms with E-state index >= 15 is 0 Å². The Hall–Kier alpha value is -2.28. The predicted octanol–water partition coefficient (Wildman–Crippen LogP) is 3.00. The summed E-state index contributed by atoms with van der Waals surface area (Å²) in [7, 11) is 0. The minimum absolute atomic E-state index is 0.0418. The molecule has 0 saturated heterocycles. The van der Waals surface area contributed by atoms with E-state index in [2.05, 4.69) is 10.1 Å². The molecule has 1 aromatic rings. The molecule has 7 nitrogen and oxygen atoms in total. The lowest BCUT2D eigenvalue weighted by Gasteiger charge is -2.20. The molecular weight excluding hydrogens is 362 g/mol. The molecule has 0 aromatic heterocycles. The maximum absolute atomic E-state index is 12.1. The highest BCUT2D eigenvalue weighted by molar-refractivity contribution is 6.17. The molecule has 144 valence electrons. The summed E-state index contributed by atoms with van der Waals surface area (Å²) in [5, 5.41) is 2.51. The number of alkyl halides is 1. The van der Waals surface area contributed by atoms with Crippen molar-refractivity contribution in [2.45, 2.75) is 39.3 Å². The first kappa shape index (κ1) is 21.8. The summed E-state index contributed by atoms with van der Waals surface area (Å²) in [6, 6.07) is 8.16. The van der Waals surface area contributed by atoms with E-state index in [1.807, 2.05) is 30.3 Å². The Kier molecular flexibility index (Phi) is 10.2. The Labute approximate surface area is 157 Å². The summed E-state index contributed by atoms with van der Waals surface area (Å²) in [4.78, 5) is 35.2. The predicted molar refractivity (Wildman–Crippen MR) is 95.4 cm³/mol. The normalized spacial score (nSPS) is 11.5. The van der Waals surface area contributed by atoms with Gasteiger partial charge in [-0.15, -0.1) is 0 Å². The fraction of sp³-hybridized carbons (Fsp3) is 0.500. The van der Waals surface area contributed by atoms with E-state index in [0.717, 1.165) is 5.56 Å². The van der Waals surface area contributed by atoms with Crippen molar-refractivity contribution in [1.29, 1.82) is 0 Å². The highest BCUT2D eigenvalue weighted by Gasteiger charge is 2.26. The third-order valence-electron chi connectivity index (χ3n) is 3.39. The van der Waals surface area contributed by atoms with Gasteiger partial charge in [0.1, 0.15) is 12.6 Å². The van der Waals surface area contributed by atoms with E-state index in [-0.39, 0.29) is 31.6 Å². The number of carbonyl (C=O) groups excluding carboxylic acids is 3. The van der Waals surface area contributed by atoms with E-state index < -0.39 is 24.1 Å². The minimum Gasteiger partial charge on any atom is -0.464 e. The lowest BCUT2D eigenvalue weighted by Crippen LogP contribution is -2.45. The van der Waals surface area contributed by atoms with Crippen LogP contribution in [0.1, 0.15) is 32.3 Å². The van der Waals surface area contributed by atoms with Crippen LogP contribution in [0.3, 0.4) is 0 Å². The Bertz CT molecular complexity index is 578. The molecule has 0 spiro atoms. The molecule has 1 amide bonds. The number of rotatable bonds is 10. The Morgan fingerprint density at radius 3 is 2.38 bits per heavy atom. The average molecular weight is 386 g/mol. The molecule has 0 aliphatic carbocycles. The van der Waals surface area contributed by atoms with Crippen molar-refractivity contribution in [3.05, 3.63) is 35.9 Å². The van der Waals surface area contributed by atoms with Crippen LogP contribution in [-0.4, -0.2) is 36.7 Å². The number of hydrogen-bond donors (Lipinski definition) is 1. The Morgan fingerprint density at radius 1 is 1.08 bits per heavy atom. The maximum Gasteiger partial charge on any atom is 0.408 e. The van der Waals surface area contributed by atoms with Crippen molar-refractivity contribution >= 4 is 29.6 Å². The largest absolute Gasteiger partial charge is 0.464 e. The van der Waals surface area contributed by atoms with Gasteiger partial charge in [-0.1, -0.05) is 55.8 Å². The molecule has 8 heteroatoms. The summed E-state index contributed by atoms with van der Waals surface area (Å²) in [6.45, 7) is 3.71. The number of alkyl carbamates (subject to hydrolysis) is 1. The van der Waals surface area contributed by atoms with Crippen LogP contribution in [0.15, 0.2) is 30.3 Å². The van der Waals surface area contributed by atoms with Gasteiger partial charge in [0.15, 0.2) is 6.07 Å². The summed E-state index contributed by atoms with van der Waals surface area (Å²) in [5.74, 6) is -1.23. The monoisotopic (exact) mass is 385 g/mol. The molecule has 0 unspecified atom stereocenters. The van der Waals surface area contributed by atoms with E-state index in [4.69, 9.17) is 21.1 Å². The zero-order valence-electron chi connectivity index (χ0n) is 14.9. The van der Waals surface area contributed by atoms with Crippen LogP contribution in [0.2, 0.25) is 0 Å². The van der Waals surface area contributed by atoms with Gasteiger partial charge in [-0.3, -0.25) is 4.79 Å². The molecule has 0 saturated carbocycles. The van der Waals surface area contributed by atoms with Crippen molar-refractivity contribution < 1.29 is 28.6 Å². The van der Waals surface area contributed by atoms with E-state index in [1.165, 1.54) is 0 Å². The van der Waals surface area contributed by atoms with Gasteiger partial charge in [-0.05, 0) is 17.9 Å². The molecule has 26 heavy (non-hydrogen) atoms. The summed E-state index contributed by atoms with van der Waals surface area (Å²) < 4.78 is 14.8. The number of esters is 2. The van der Waals surface area contributed by atoms with Crippen LogP contribution in [-0.2, 0) is 30.4 Å². The topological polar surface area (TPSA) is 90.9 Å². The van der Waals surface area contributed by atoms with Crippen molar-refractivity contribution in [3.63, 3.8) is 0 Å². The van der Waals surface area contributed by atoms with Gasteiger partial charge in [-0.25, -0.2) is 9.59 Å². The van der Waals surface area contributed by atoms with Gasteiger partial charge in [0, 0.05) is 6.42 Å². The number of ether oxygens (including phenoxy) is 3.